The third-order valence-electron chi connectivity index (χ3n) is 2.49. The van der Waals surface area contributed by atoms with Gasteiger partial charge in [0, 0.05) is 22.0 Å². The first-order valence-corrected chi connectivity index (χ1v) is 7.05. The van der Waals surface area contributed by atoms with Gasteiger partial charge in [-0.3, -0.25) is 0 Å². The maximum absolute atomic E-state index is 3.62. The normalized spacial score (nSPS) is 10.5. The third kappa shape index (κ3) is 3.22. The number of nitrogens with one attached hydrogen (secondary N) is 1. The second-order valence-corrected chi connectivity index (χ2v) is 5.38. The first kappa shape index (κ1) is 13.0. The zero-order chi connectivity index (χ0) is 11.4. The molecule has 1 aromatic rings. The molecule has 0 unspecified atom stereocenters. The molecular weight excluding hydrogens is 318 g/mol. The van der Waals surface area contributed by atoms with Crippen molar-refractivity contribution < 1.29 is 0 Å². The number of rotatable bonds is 4. The van der Waals surface area contributed by atoms with Crippen molar-refractivity contribution >= 4 is 37.5 Å². The van der Waals surface area contributed by atoms with Gasteiger partial charge >= 0.3 is 0 Å². The summed E-state index contributed by atoms with van der Waals surface area (Å²) in [5.41, 5.74) is 5.20. The van der Waals surface area contributed by atoms with Crippen molar-refractivity contribution in [1.82, 2.24) is 0 Å². The topological polar surface area (TPSA) is 12.0 Å². The van der Waals surface area contributed by atoms with E-state index in [4.69, 9.17) is 0 Å². The van der Waals surface area contributed by atoms with Crippen LogP contribution in [0, 0.1) is 20.8 Å². The summed E-state index contributed by atoms with van der Waals surface area (Å²) in [6.45, 7) is 7.46. The van der Waals surface area contributed by atoms with E-state index in [2.05, 4.69) is 64.0 Å². The summed E-state index contributed by atoms with van der Waals surface area (Å²) in [5.74, 6) is 0. The molecule has 0 aliphatic rings. The molecule has 0 saturated carbocycles. The minimum absolute atomic E-state index is 1.02. The van der Waals surface area contributed by atoms with Crippen molar-refractivity contribution in [2.75, 3.05) is 17.2 Å². The molecular formula is C12H17Br2N. The van der Waals surface area contributed by atoms with Crippen LogP contribution in [0.25, 0.3) is 0 Å². The average Bonchev–Trinajstić information content (AvgIpc) is 2.20. The summed E-state index contributed by atoms with van der Waals surface area (Å²) in [5, 5.41) is 4.54. The molecule has 1 aromatic carbocycles. The molecule has 15 heavy (non-hydrogen) atoms. The number of aryl methyl sites for hydroxylation is 2. The summed E-state index contributed by atoms with van der Waals surface area (Å²) in [7, 11) is 0. The fraction of sp³-hybridized carbons (Fsp3) is 0.500. The zero-order valence-corrected chi connectivity index (χ0v) is 12.6. The van der Waals surface area contributed by atoms with Gasteiger partial charge < -0.3 is 5.32 Å². The second-order valence-electron chi connectivity index (χ2n) is 3.79. The van der Waals surface area contributed by atoms with Gasteiger partial charge in [0.25, 0.3) is 0 Å². The monoisotopic (exact) mass is 333 g/mol. The van der Waals surface area contributed by atoms with Gasteiger partial charge in [-0.2, -0.15) is 0 Å². The average molecular weight is 335 g/mol. The predicted molar refractivity (Wildman–Crippen MR) is 75.3 cm³/mol. The van der Waals surface area contributed by atoms with Crippen LogP contribution in [0.5, 0.6) is 0 Å². The molecule has 0 aliphatic carbocycles. The summed E-state index contributed by atoms with van der Waals surface area (Å²) < 4.78 is 1.22. The van der Waals surface area contributed by atoms with E-state index in [1.165, 1.54) is 26.9 Å². The summed E-state index contributed by atoms with van der Waals surface area (Å²) in [6, 6.07) is 2.22. The number of hydrogen-bond acceptors (Lipinski definition) is 1. The molecule has 1 rings (SSSR count). The Kier molecular flexibility index (Phi) is 5.13. The third-order valence-corrected chi connectivity index (χ3v) is 4.27. The van der Waals surface area contributed by atoms with Crippen LogP contribution in [-0.2, 0) is 0 Å². The van der Waals surface area contributed by atoms with E-state index < -0.39 is 0 Å². The molecule has 0 amide bonds. The molecule has 3 heteroatoms. The highest BCUT2D eigenvalue weighted by atomic mass is 79.9. The lowest BCUT2D eigenvalue weighted by Crippen LogP contribution is -2.06. The smallest absolute Gasteiger partial charge is 0.0411 e. The first-order valence-electron chi connectivity index (χ1n) is 5.14. The molecule has 0 atom stereocenters. The van der Waals surface area contributed by atoms with Gasteiger partial charge in [-0.25, -0.2) is 0 Å². The van der Waals surface area contributed by atoms with Crippen molar-refractivity contribution in [2.45, 2.75) is 27.2 Å². The Hall–Kier alpha value is -0.0200. The molecule has 84 valence electrons. The summed E-state index contributed by atoms with van der Waals surface area (Å²) >= 11 is 7.06. The van der Waals surface area contributed by atoms with Crippen LogP contribution in [-0.4, -0.2) is 11.9 Å². The van der Waals surface area contributed by atoms with Gasteiger partial charge in [0.15, 0.2) is 0 Å². The van der Waals surface area contributed by atoms with Crippen molar-refractivity contribution in [3.63, 3.8) is 0 Å². The molecule has 0 heterocycles. The molecule has 0 aromatic heterocycles. The van der Waals surface area contributed by atoms with Crippen LogP contribution in [0.2, 0.25) is 0 Å². The maximum atomic E-state index is 3.62. The number of halogens is 2. The van der Waals surface area contributed by atoms with E-state index in [1.807, 2.05) is 0 Å². The number of anilines is 1. The van der Waals surface area contributed by atoms with Crippen LogP contribution in [0.15, 0.2) is 10.5 Å². The summed E-state index contributed by atoms with van der Waals surface area (Å²) in [6.07, 6.45) is 1.14. The minimum atomic E-state index is 1.02. The van der Waals surface area contributed by atoms with E-state index in [0.717, 1.165) is 18.3 Å². The Morgan fingerprint density at radius 3 is 2.47 bits per heavy atom. The Bertz CT molecular complexity index is 348. The van der Waals surface area contributed by atoms with Crippen LogP contribution in [0.3, 0.4) is 0 Å². The van der Waals surface area contributed by atoms with Crippen molar-refractivity contribution in [1.29, 1.82) is 0 Å². The lowest BCUT2D eigenvalue weighted by atomic mass is 10.1. The van der Waals surface area contributed by atoms with E-state index in [0.29, 0.717) is 0 Å². The predicted octanol–water partition coefficient (Wildman–Crippen LogP) is 4.57. The highest BCUT2D eigenvalue weighted by molar-refractivity contribution is 9.10. The number of benzene rings is 1. The molecule has 0 radical (unpaired) electrons. The minimum Gasteiger partial charge on any atom is -0.385 e. The highest BCUT2D eigenvalue weighted by Gasteiger charge is 2.07. The lowest BCUT2D eigenvalue weighted by Gasteiger charge is -2.15. The maximum Gasteiger partial charge on any atom is 0.0411 e. The Balaban J connectivity index is 2.92. The molecule has 0 bridgehead atoms. The second kappa shape index (κ2) is 5.90. The number of alkyl halides is 1. The van der Waals surface area contributed by atoms with E-state index >= 15 is 0 Å². The SMILES string of the molecule is Cc1cc(C)c(NCCCBr)c(C)c1Br. The van der Waals surface area contributed by atoms with Gasteiger partial charge in [0.1, 0.15) is 0 Å². The van der Waals surface area contributed by atoms with Gasteiger partial charge in [-0.1, -0.05) is 37.9 Å². The zero-order valence-electron chi connectivity index (χ0n) is 9.45. The number of hydrogen-bond donors (Lipinski definition) is 1. The fourth-order valence-corrected chi connectivity index (χ4v) is 2.31. The lowest BCUT2D eigenvalue weighted by molar-refractivity contribution is 0.992. The quantitative estimate of drug-likeness (QED) is 0.628. The molecule has 0 spiro atoms. The molecule has 1 N–H and O–H groups in total. The van der Waals surface area contributed by atoms with Gasteiger partial charge in [-0.15, -0.1) is 0 Å². The van der Waals surface area contributed by atoms with Crippen LogP contribution in [0.1, 0.15) is 23.1 Å². The van der Waals surface area contributed by atoms with E-state index in [-0.39, 0.29) is 0 Å². The van der Waals surface area contributed by atoms with Crippen molar-refractivity contribution in [3.05, 3.63) is 27.2 Å². The molecule has 0 aliphatic heterocycles. The van der Waals surface area contributed by atoms with E-state index in [1.54, 1.807) is 0 Å². The molecule has 0 fully saturated rings. The van der Waals surface area contributed by atoms with Crippen LogP contribution < -0.4 is 5.32 Å². The highest BCUT2D eigenvalue weighted by Crippen LogP contribution is 2.30. The van der Waals surface area contributed by atoms with Crippen LogP contribution >= 0.6 is 31.9 Å². The van der Waals surface area contributed by atoms with Gasteiger partial charge in [0.2, 0.25) is 0 Å². The standard InChI is InChI=1S/C12H17Br2N/c1-8-7-9(2)12(10(3)11(8)14)15-6-4-5-13/h7,15H,4-6H2,1-3H3. The first-order chi connectivity index (χ1) is 7.07. The molecule has 1 nitrogen and oxygen atoms in total. The fourth-order valence-electron chi connectivity index (χ4n) is 1.71. The van der Waals surface area contributed by atoms with Crippen molar-refractivity contribution in [2.24, 2.45) is 0 Å². The molecule has 0 saturated heterocycles. The largest absolute Gasteiger partial charge is 0.385 e. The Labute approximate surface area is 109 Å². The van der Waals surface area contributed by atoms with Gasteiger partial charge in [-0.05, 0) is 43.9 Å². The van der Waals surface area contributed by atoms with Crippen LogP contribution in [0.4, 0.5) is 5.69 Å². The Morgan fingerprint density at radius 2 is 1.87 bits per heavy atom. The Morgan fingerprint density at radius 1 is 1.20 bits per heavy atom. The van der Waals surface area contributed by atoms with Crippen molar-refractivity contribution in [3.8, 4) is 0 Å². The van der Waals surface area contributed by atoms with Gasteiger partial charge in [0.05, 0.1) is 0 Å². The van der Waals surface area contributed by atoms with E-state index in [9.17, 15) is 0 Å². The summed E-state index contributed by atoms with van der Waals surface area (Å²) in [4.78, 5) is 0.